The minimum Gasteiger partial charge on any atom is -0.359 e. The van der Waals surface area contributed by atoms with E-state index in [4.69, 9.17) is 0 Å². The Balaban J connectivity index is 3.02. The molecule has 0 saturated carbocycles. The van der Waals surface area contributed by atoms with Gasteiger partial charge in [0.2, 0.25) is 0 Å². The number of anilines is 1. The number of benzene rings is 1. The average Bonchev–Trinajstić information content (AvgIpc) is 2.09. The van der Waals surface area contributed by atoms with Gasteiger partial charge in [0.15, 0.2) is 5.78 Å². The van der Waals surface area contributed by atoms with Gasteiger partial charge in [-0.3, -0.25) is 4.79 Å². The van der Waals surface area contributed by atoms with Crippen LogP contribution in [-0.2, 0) is 4.79 Å². The van der Waals surface area contributed by atoms with Crippen LogP contribution in [0.3, 0.4) is 0 Å². The van der Waals surface area contributed by atoms with Crippen molar-refractivity contribution in [2.45, 2.75) is 34.6 Å². The summed E-state index contributed by atoms with van der Waals surface area (Å²) >= 11 is 0. The van der Waals surface area contributed by atoms with Crippen LogP contribution in [0.5, 0.6) is 0 Å². The summed E-state index contributed by atoms with van der Waals surface area (Å²) in [7, 11) is 0. The third-order valence-corrected chi connectivity index (χ3v) is 2.42. The molecule has 1 aromatic rings. The molecule has 0 aliphatic carbocycles. The second-order valence-electron chi connectivity index (χ2n) is 4.34. The lowest BCUT2D eigenvalue weighted by Gasteiger charge is -2.13. The standard InChI is InChI=1S/C14H19NO/c1-9-6-10(2)14(11(3)7-9)15-12(4)8-13(5)16/h6-8,15H,1-5H3/b12-8+. The second-order valence-corrected chi connectivity index (χ2v) is 4.34. The predicted octanol–water partition coefficient (Wildman–Crippen LogP) is 3.52. The first-order chi connectivity index (χ1) is 7.40. The summed E-state index contributed by atoms with van der Waals surface area (Å²) in [4.78, 5) is 11.0. The zero-order valence-corrected chi connectivity index (χ0v) is 10.6. The first kappa shape index (κ1) is 12.5. The summed E-state index contributed by atoms with van der Waals surface area (Å²) in [6, 6.07) is 4.27. The van der Waals surface area contributed by atoms with Crippen LogP contribution >= 0.6 is 0 Å². The molecule has 86 valence electrons. The number of carbonyl (C=O) groups excluding carboxylic acids is 1. The number of hydrogen-bond acceptors (Lipinski definition) is 2. The molecule has 0 bridgehead atoms. The molecule has 1 N–H and O–H groups in total. The molecule has 1 rings (SSSR count). The monoisotopic (exact) mass is 217 g/mol. The minimum absolute atomic E-state index is 0.0624. The Bertz CT molecular complexity index is 421. The SMILES string of the molecule is CC(=O)/C=C(\C)Nc1c(C)cc(C)cc1C. The lowest BCUT2D eigenvalue weighted by atomic mass is 10.0. The molecule has 0 aromatic heterocycles. The molecule has 0 aliphatic rings. The lowest BCUT2D eigenvalue weighted by Crippen LogP contribution is -2.02. The molecule has 2 heteroatoms. The van der Waals surface area contributed by atoms with E-state index in [0.717, 1.165) is 11.4 Å². The van der Waals surface area contributed by atoms with Gasteiger partial charge in [-0.25, -0.2) is 0 Å². The fourth-order valence-corrected chi connectivity index (χ4v) is 1.92. The van der Waals surface area contributed by atoms with Crippen LogP contribution in [0.15, 0.2) is 23.9 Å². The molecule has 0 heterocycles. The molecular weight excluding hydrogens is 198 g/mol. The number of nitrogens with one attached hydrogen (secondary N) is 1. The Morgan fingerprint density at radius 2 is 1.62 bits per heavy atom. The number of rotatable bonds is 3. The van der Waals surface area contributed by atoms with E-state index in [1.165, 1.54) is 16.7 Å². The molecule has 2 nitrogen and oxygen atoms in total. The van der Waals surface area contributed by atoms with Gasteiger partial charge >= 0.3 is 0 Å². The van der Waals surface area contributed by atoms with Crippen molar-refractivity contribution in [1.29, 1.82) is 0 Å². The van der Waals surface area contributed by atoms with Gasteiger partial charge in [-0.2, -0.15) is 0 Å². The molecule has 0 spiro atoms. The van der Waals surface area contributed by atoms with Gasteiger partial charge in [0.1, 0.15) is 0 Å². The quantitative estimate of drug-likeness (QED) is 0.785. The Kier molecular flexibility index (Phi) is 3.88. The van der Waals surface area contributed by atoms with Gasteiger partial charge in [0.25, 0.3) is 0 Å². The number of aryl methyl sites for hydroxylation is 3. The molecule has 1 aromatic carbocycles. The highest BCUT2D eigenvalue weighted by molar-refractivity contribution is 5.88. The molecular formula is C14H19NO. The maximum Gasteiger partial charge on any atom is 0.154 e. The summed E-state index contributed by atoms with van der Waals surface area (Å²) in [5, 5.41) is 3.28. The first-order valence-electron chi connectivity index (χ1n) is 5.44. The fraction of sp³-hybridized carbons (Fsp3) is 0.357. The van der Waals surface area contributed by atoms with Gasteiger partial charge in [0.05, 0.1) is 0 Å². The Morgan fingerprint density at radius 3 is 2.06 bits per heavy atom. The van der Waals surface area contributed by atoms with Crippen molar-refractivity contribution in [3.63, 3.8) is 0 Å². The second kappa shape index (κ2) is 4.97. The van der Waals surface area contributed by atoms with Crippen molar-refractivity contribution in [3.8, 4) is 0 Å². The van der Waals surface area contributed by atoms with E-state index in [0.29, 0.717) is 0 Å². The summed E-state index contributed by atoms with van der Waals surface area (Å²) < 4.78 is 0. The topological polar surface area (TPSA) is 29.1 Å². The third kappa shape index (κ3) is 3.23. The van der Waals surface area contributed by atoms with E-state index >= 15 is 0 Å². The highest BCUT2D eigenvalue weighted by atomic mass is 16.1. The predicted molar refractivity (Wildman–Crippen MR) is 68.7 cm³/mol. The van der Waals surface area contributed by atoms with Crippen molar-refractivity contribution >= 4 is 11.5 Å². The minimum atomic E-state index is 0.0624. The largest absolute Gasteiger partial charge is 0.359 e. The van der Waals surface area contributed by atoms with E-state index in [1.54, 1.807) is 13.0 Å². The number of ketones is 1. The van der Waals surface area contributed by atoms with Gasteiger partial charge in [-0.15, -0.1) is 0 Å². The smallest absolute Gasteiger partial charge is 0.154 e. The number of allylic oxidation sites excluding steroid dienone is 2. The van der Waals surface area contributed by atoms with E-state index in [-0.39, 0.29) is 5.78 Å². The van der Waals surface area contributed by atoms with E-state index in [9.17, 15) is 4.79 Å². The van der Waals surface area contributed by atoms with Gasteiger partial charge in [-0.1, -0.05) is 17.7 Å². The number of hydrogen-bond donors (Lipinski definition) is 1. The van der Waals surface area contributed by atoms with Crippen LogP contribution in [-0.4, -0.2) is 5.78 Å². The Morgan fingerprint density at radius 1 is 1.12 bits per heavy atom. The van der Waals surface area contributed by atoms with Crippen LogP contribution in [0, 0.1) is 20.8 Å². The molecule has 0 saturated heterocycles. The van der Waals surface area contributed by atoms with Gasteiger partial charge in [0, 0.05) is 11.4 Å². The molecule has 0 unspecified atom stereocenters. The Labute approximate surface area is 97.4 Å². The summed E-state index contributed by atoms with van der Waals surface area (Å²) in [6.45, 7) is 9.69. The van der Waals surface area contributed by atoms with Crippen molar-refractivity contribution in [2.24, 2.45) is 0 Å². The average molecular weight is 217 g/mol. The third-order valence-electron chi connectivity index (χ3n) is 2.42. The lowest BCUT2D eigenvalue weighted by molar-refractivity contribution is -0.112. The van der Waals surface area contributed by atoms with E-state index in [1.807, 2.05) is 6.92 Å². The van der Waals surface area contributed by atoms with Crippen molar-refractivity contribution in [2.75, 3.05) is 5.32 Å². The van der Waals surface area contributed by atoms with Gasteiger partial charge in [-0.05, 0) is 51.8 Å². The van der Waals surface area contributed by atoms with E-state index in [2.05, 4.69) is 38.2 Å². The van der Waals surface area contributed by atoms with E-state index < -0.39 is 0 Å². The summed E-state index contributed by atoms with van der Waals surface area (Å²) in [5.74, 6) is 0.0624. The van der Waals surface area contributed by atoms with Crippen LogP contribution in [0.1, 0.15) is 30.5 Å². The molecule has 0 atom stereocenters. The van der Waals surface area contributed by atoms with Crippen LogP contribution < -0.4 is 5.32 Å². The fourth-order valence-electron chi connectivity index (χ4n) is 1.92. The maximum absolute atomic E-state index is 11.0. The number of carbonyl (C=O) groups is 1. The molecule has 0 aliphatic heterocycles. The molecule has 0 radical (unpaired) electrons. The van der Waals surface area contributed by atoms with Crippen molar-refractivity contribution < 1.29 is 4.79 Å². The molecule has 0 amide bonds. The Hall–Kier alpha value is -1.57. The maximum atomic E-state index is 11.0. The molecule has 0 fully saturated rings. The zero-order valence-electron chi connectivity index (χ0n) is 10.6. The normalized spacial score (nSPS) is 11.4. The zero-order chi connectivity index (χ0) is 12.3. The highest BCUT2D eigenvalue weighted by Crippen LogP contribution is 2.23. The molecule has 16 heavy (non-hydrogen) atoms. The van der Waals surface area contributed by atoms with Gasteiger partial charge < -0.3 is 5.32 Å². The highest BCUT2D eigenvalue weighted by Gasteiger charge is 2.03. The van der Waals surface area contributed by atoms with Crippen LogP contribution in [0.4, 0.5) is 5.69 Å². The van der Waals surface area contributed by atoms with Crippen molar-refractivity contribution in [3.05, 3.63) is 40.6 Å². The van der Waals surface area contributed by atoms with Crippen LogP contribution in [0.25, 0.3) is 0 Å². The van der Waals surface area contributed by atoms with Crippen molar-refractivity contribution in [1.82, 2.24) is 0 Å². The van der Waals surface area contributed by atoms with Crippen LogP contribution in [0.2, 0.25) is 0 Å². The summed E-state index contributed by atoms with van der Waals surface area (Å²) in [5.41, 5.74) is 5.64. The summed E-state index contributed by atoms with van der Waals surface area (Å²) in [6.07, 6.45) is 1.61. The first-order valence-corrected chi connectivity index (χ1v) is 5.44.